The van der Waals surface area contributed by atoms with E-state index in [0.29, 0.717) is 5.69 Å². The van der Waals surface area contributed by atoms with Crippen LogP contribution in [0, 0.1) is 0 Å². The number of H-pyrrole nitrogens is 1. The molecule has 2 rings (SSSR count). The number of rotatable bonds is 8. The van der Waals surface area contributed by atoms with Gasteiger partial charge in [-0.3, -0.25) is 9.59 Å². The second kappa shape index (κ2) is 8.62. The van der Waals surface area contributed by atoms with Crippen LogP contribution < -0.4 is 10.6 Å². The molecule has 2 aromatic rings. The first-order valence-corrected chi connectivity index (χ1v) is 7.77. The predicted molar refractivity (Wildman–Crippen MR) is 89.6 cm³/mol. The van der Waals surface area contributed by atoms with Crippen molar-refractivity contribution >= 4 is 17.8 Å². The highest BCUT2D eigenvalue weighted by Crippen LogP contribution is 2.05. The van der Waals surface area contributed by atoms with Gasteiger partial charge in [0.25, 0.3) is 0 Å². The highest BCUT2D eigenvalue weighted by atomic mass is 16.4. The SMILES string of the molecule is CC(=O)N[C@@H](Cc1ccccc1)C(=O)N[C@@H](Cc1cnc[nH]1)C(=O)O. The van der Waals surface area contributed by atoms with Crippen LogP contribution in [0.25, 0.3) is 0 Å². The number of carboxylic acids is 1. The highest BCUT2D eigenvalue weighted by molar-refractivity contribution is 5.90. The van der Waals surface area contributed by atoms with Crippen molar-refractivity contribution in [3.8, 4) is 0 Å². The number of hydrogen-bond donors (Lipinski definition) is 4. The number of nitrogens with one attached hydrogen (secondary N) is 3. The number of aromatic amines is 1. The molecule has 0 bridgehead atoms. The fourth-order valence-electron chi connectivity index (χ4n) is 2.39. The molecule has 0 saturated heterocycles. The molecule has 2 amide bonds. The zero-order chi connectivity index (χ0) is 18.2. The van der Waals surface area contributed by atoms with Crippen LogP contribution in [0.4, 0.5) is 0 Å². The van der Waals surface area contributed by atoms with Crippen molar-refractivity contribution in [2.24, 2.45) is 0 Å². The minimum atomic E-state index is -1.16. The summed E-state index contributed by atoms with van der Waals surface area (Å²) in [6, 6.07) is 7.19. The Hall–Kier alpha value is -3.16. The molecule has 0 radical (unpaired) electrons. The number of nitrogens with zero attached hydrogens (tertiary/aromatic N) is 1. The lowest BCUT2D eigenvalue weighted by Gasteiger charge is -2.21. The maximum absolute atomic E-state index is 12.5. The summed E-state index contributed by atoms with van der Waals surface area (Å²) in [6.45, 7) is 1.31. The molecular weight excluding hydrogens is 324 g/mol. The van der Waals surface area contributed by atoms with Crippen molar-refractivity contribution in [3.05, 3.63) is 54.1 Å². The van der Waals surface area contributed by atoms with E-state index in [1.54, 1.807) is 0 Å². The molecule has 132 valence electrons. The number of imidazole rings is 1. The largest absolute Gasteiger partial charge is 0.480 e. The third-order valence-corrected chi connectivity index (χ3v) is 3.57. The average molecular weight is 344 g/mol. The van der Waals surface area contributed by atoms with Crippen LogP contribution in [-0.2, 0) is 27.2 Å². The molecule has 1 aromatic carbocycles. The summed E-state index contributed by atoms with van der Waals surface area (Å²) < 4.78 is 0. The summed E-state index contributed by atoms with van der Waals surface area (Å²) in [5.74, 6) is -2.08. The Kier molecular flexibility index (Phi) is 6.27. The van der Waals surface area contributed by atoms with Crippen LogP contribution in [0.3, 0.4) is 0 Å². The molecule has 0 aliphatic rings. The molecular formula is C17H20N4O4. The zero-order valence-corrected chi connectivity index (χ0v) is 13.7. The van der Waals surface area contributed by atoms with E-state index < -0.39 is 24.0 Å². The van der Waals surface area contributed by atoms with Gasteiger partial charge in [0.1, 0.15) is 12.1 Å². The van der Waals surface area contributed by atoms with Gasteiger partial charge in [0.2, 0.25) is 11.8 Å². The van der Waals surface area contributed by atoms with Crippen molar-refractivity contribution in [2.75, 3.05) is 0 Å². The quantitative estimate of drug-likeness (QED) is 0.547. The standard InChI is InChI=1S/C17H20N4O4/c1-11(22)20-14(7-12-5-3-2-4-6-12)16(23)21-15(17(24)25)8-13-9-18-10-19-13/h2-6,9-10,14-15H,7-8H2,1H3,(H,18,19)(H,20,22)(H,21,23)(H,24,25)/t14-,15-/m0/s1. The Morgan fingerprint density at radius 2 is 1.84 bits per heavy atom. The van der Waals surface area contributed by atoms with Gasteiger partial charge < -0.3 is 20.7 Å². The lowest BCUT2D eigenvalue weighted by molar-refractivity contribution is -0.142. The van der Waals surface area contributed by atoms with Crippen molar-refractivity contribution < 1.29 is 19.5 Å². The maximum atomic E-state index is 12.5. The smallest absolute Gasteiger partial charge is 0.326 e. The highest BCUT2D eigenvalue weighted by Gasteiger charge is 2.26. The van der Waals surface area contributed by atoms with Crippen LogP contribution in [0.1, 0.15) is 18.2 Å². The summed E-state index contributed by atoms with van der Waals surface area (Å²) in [6.07, 6.45) is 3.27. The molecule has 0 saturated carbocycles. The van der Waals surface area contributed by atoms with Crippen molar-refractivity contribution in [3.63, 3.8) is 0 Å². The number of benzene rings is 1. The van der Waals surface area contributed by atoms with Crippen LogP contribution in [0.2, 0.25) is 0 Å². The van der Waals surface area contributed by atoms with Gasteiger partial charge >= 0.3 is 5.97 Å². The molecule has 25 heavy (non-hydrogen) atoms. The van der Waals surface area contributed by atoms with Gasteiger partial charge in [-0.05, 0) is 5.56 Å². The zero-order valence-electron chi connectivity index (χ0n) is 13.7. The Bertz CT molecular complexity index is 716. The van der Waals surface area contributed by atoms with E-state index in [1.165, 1.54) is 19.4 Å². The average Bonchev–Trinajstić information content (AvgIpc) is 3.07. The van der Waals surface area contributed by atoms with E-state index in [4.69, 9.17) is 0 Å². The first-order valence-electron chi connectivity index (χ1n) is 7.77. The predicted octanol–water partition coefficient (Wildman–Crippen LogP) is 0.269. The van der Waals surface area contributed by atoms with Crippen LogP contribution >= 0.6 is 0 Å². The third-order valence-electron chi connectivity index (χ3n) is 3.57. The summed E-state index contributed by atoms with van der Waals surface area (Å²) in [5, 5.41) is 14.4. The first-order chi connectivity index (χ1) is 12.0. The van der Waals surface area contributed by atoms with Crippen LogP contribution in [-0.4, -0.2) is 44.9 Å². The molecule has 0 unspecified atom stereocenters. The summed E-state index contributed by atoms with van der Waals surface area (Å²) in [4.78, 5) is 42.0. The van der Waals surface area contributed by atoms with Gasteiger partial charge in [0.15, 0.2) is 0 Å². The van der Waals surface area contributed by atoms with E-state index in [9.17, 15) is 19.5 Å². The Balaban J connectivity index is 2.08. The Labute approximate surface area is 144 Å². The van der Waals surface area contributed by atoms with Gasteiger partial charge in [0.05, 0.1) is 6.33 Å². The summed E-state index contributed by atoms with van der Waals surface area (Å²) in [7, 11) is 0. The molecule has 0 fully saturated rings. The lowest BCUT2D eigenvalue weighted by Crippen LogP contribution is -2.52. The maximum Gasteiger partial charge on any atom is 0.326 e. The van der Waals surface area contributed by atoms with Gasteiger partial charge in [-0.15, -0.1) is 0 Å². The number of amides is 2. The van der Waals surface area contributed by atoms with Crippen LogP contribution in [0.5, 0.6) is 0 Å². The fraction of sp³-hybridized carbons (Fsp3) is 0.294. The molecule has 0 spiro atoms. The van der Waals surface area contributed by atoms with Crippen molar-refractivity contribution in [1.29, 1.82) is 0 Å². The minimum absolute atomic E-state index is 0.0687. The number of aliphatic carboxylic acids is 1. The van der Waals surface area contributed by atoms with E-state index in [-0.39, 0.29) is 18.7 Å². The van der Waals surface area contributed by atoms with E-state index in [0.717, 1.165) is 5.56 Å². The van der Waals surface area contributed by atoms with Crippen molar-refractivity contribution in [1.82, 2.24) is 20.6 Å². The molecule has 0 aliphatic carbocycles. The molecule has 4 N–H and O–H groups in total. The number of carbonyl (C=O) groups is 3. The summed E-state index contributed by atoms with van der Waals surface area (Å²) >= 11 is 0. The molecule has 2 atom stereocenters. The van der Waals surface area contributed by atoms with Gasteiger partial charge in [-0.2, -0.15) is 0 Å². The van der Waals surface area contributed by atoms with Gasteiger partial charge in [-0.25, -0.2) is 9.78 Å². The fourth-order valence-corrected chi connectivity index (χ4v) is 2.39. The number of aromatic nitrogens is 2. The number of carboxylic acid groups (broad SMARTS) is 1. The molecule has 1 heterocycles. The van der Waals surface area contributed by atoms with Crippen LogP contribution in [0.15, 0.2) is 42.9 Å². The third kappa shape index (κ3) is 5.76. The summed E-state index contributed by atoms with van der Waals surface area (Å²) in [5.41, 5.74) is 1.45. The molecule has 8 heteroatoms. The first kappa shape index (κ1) is 18.2. The molecule has 0 aliphatic heterocycles. The Morgan fingerprint density at radius 3 is 2.40 bits per heavy atom. The molecule has 8 nitrogen and oxygen atoms in total. The minimum Gasteiger partial charge on any atom is -0.480 e. The topological polar surface area (TPSA) is 124 Å². The lowest BCUT2D eigenvalue weighted by atomic mass is 10.0. The van der Waals surface area contributed by atoms with E-state index >= 15 is 0 Å². The van der Waals surface area contributed by atoms with Gasteiger partial charge in [-0.1, -0.05) is 30.3 Å². The monoisotopic (exact) mass is 344 g/mol. The molecule has 1 aromatic heterocycles. The number of hydrogen-bond acceptors (Lipinski definition) is 4. The second-order valence-corrected chi connectivity index (χ2v) is 5.62. The van der Waals surface area contributed by atoms with E-state index in [1.807, 2.05) is 30.3 Å². The van der Waals surface area contributed by atoms with Crippen molar-refractivity contribution in [2.45, 2.75) is 31.8 Å². The van der Waals surface area contributed by atoms with Gasteiger partial charge in [0, 0.05) is 31.7 Å². The van der Waals surface area contributed by atoms with E-state index in [2.05, 4.69) is 20.6 Å². The number of carbonyl (C=O) groups excluding carboxylic acids is 2. The Morgan fingerprint density at radius 1 is 1.12 bits per heavy atom. The second-order valence-electron chi connectivity index (χ2n) is 5.62. The normalized spacial score (nSPS) is 12.8.